The smallest absolute Gasteiger partial charge is 0.159 e. The third kappa shape index (κ3) is 11.0. The molecule has 0 amide bonds. The van der Waals surface area contributed by atoms with Gasteiger partial charge in [-0.05, 0) is 53.5 Å². The lowest BCUT2D eigenvalue weighted by molar-refractivity contribution is -0.114. The summed E-state index contributed by atoms with van der Waals surface area (Å²) in [5.74, 6) is 0.130. The summed E-state index contributed by atoms with van der Waals surface area (Å²) in [6.07, 6.45) is 12.9. The van der Waals surface area contributed by atoms with E-state index in [-0.39, 0.29) is 5.78 Å². The van der Waals surface area contributed by atoms with Gasteiger partial charge in [-0.3, -0.25) is 4.79 Å². The minimum atomic E-state index is -0.849. The van der Waals surface area contributed by atoms with Gasteiger partial charge in [-0.25, -0.2) is 0 Å². The standard InChI is InChI=1S/C20H30O2/c1-7-17(4)10-8-12-20(6,22)13-9-11-18(5)15-19(21)14-16(2)3/h7-8,10-12,14,22H,1,9,13,15H2,2-6H3/b12-8+,17-10+,18-11+/t20-/m1/s1. The summed E-state index contributed by atoms with van der Waals surface area (Å²) in [5.41, 5.74) is 2.28. The van der Waals surface area contributed by atoms with Crippen LogP contribution in [0.2, 0.25) is 0 Å². The summed E-state index contributed by atoms with van der Waals surface area (Å²) in [5, 5.41) is 10.3. The summed E-state index contributed by atoms with van der Waals surface area (Å²) in [4.78, 5) is 11.7. The van der Waals surface area contributed by atoms with Gasteiger partial charge in [0.05, 0.1) is 5.60 Å². The molecule has 1 atom stereocenters. The SMILES string of the molecule is C=C/C(C)=C/C=C/[C@@](C)(O)CC/C=C(\C)CC(=O)C=C(C)C. The van der Waals surface area contributed by atoms with E-state index < -0.39 is 5.60 Å². The largest absolute Gasteiger partial charge is 0.386 e. The molecule has 1 N–H and O–H groups in total. The first-order valence-electron chi connectivity index (χ1n) is 7.70. The lowest BCUT2D eigenvalue weighted by Crippen LogP contribution is -2.19. The molecular weight excluding hydrogens is 272 g/mol. The van der Waals surface area contributed by atoms with Crippen LogP contribution in [0.1, 0.15) is 53.9 Å². The van der Waals surface area contributed by atoms with Crippen molar-refractivity contribution in [1.29, 1.82) is 0 Å². The predicted molar refractivity (Wildman–Crippen MR) is 95.8 cm³/mol. The van der Waals surface area contributed by atoms with E-state index in [9.17, 15) is 9.90 Å². The monoisotopic (exact) mass is 302 g/mol. The fourth-order valence-electron chi connectivity index (χ4n) is 1.89. The third-order valence-electron chi connectivity index (χ3n) is 3.18. The highest BCUT2D eigenvalue weighted by Crippen LogP contribution is 2.16. The van der Waals surface area contributed by atoms with Gasteiger partial charge in [-0.15, -0.1) is 0 Å². The van der Waals surface area contributed by atoms with Gasteiger partial charge in [0.1, 0.15) is 0 Å². The second kappa shape index (κ2) is 10.1. The van der Waals surface area contributed by atoms with Crippen LogP contribution in [0.3, 0.4) is 0 Å². The Hall–Kier alpha value is -1.67. The molecule has 0 radical (unpaired) electrons. The van der Waals surface area contributed by atoms with Gasteiger partial charge in [0, 0.05) is 6.42 Å². The molecule has 0 bridgehead atoms. The molecule has 0 spiro atoms. The van der Waals surface area contributed by atoms with E-state index in [0.717, 1.165) is 23.1 Å². The third-order valence-corrected chi connectivity index (χ3v) is 3.18. The lowest BCUT2D eigenvalue weighted by atomic mass is 9.98. The van der Waals surface area contributed by atoms with Gasteiger partial charge in [-0.2, -0.15) is 0 Å². The molecule has 0 aliphatic carbocycles. The van der Waals surface area contributed by atoms with Crippen LogP contribution in [0, 0.1) is 0 Å². The summed E-state index contributed by atoms with van der Waals surface area (Å²) >= 11 is 0. The summed E-state index contributed by atoms with van der Waals surface area (Å²) in [6.45, 7) is 13.2. The molecule has 0 aliphatic rings. The summed E-state index contributed by atoms with van der Waals surface area (Å²) in [7, 11) is 0. The highest BCUT2D eigenvalue weighted by molar-refractivity contribution is 5.91. The quantitative estimate of drug-likeness (QED) is 0.366. The number of allylic oxidation sites excluding steroid dienone is 8. The molecular formula is C20H30O2. The van der Waals surface area contributed by atoms with Crippen LogP contribution in [0.4, 0.5) is 0 Å². The van der Waals surface area contributed by atoms with E-state index in [1.54, 1.807) is 25.2 Å². The molecule has 0 aliphatic heterocycles. The molecule has 0 heterocycles. The van der Waals surface area contributed by atoms with Crippen molar-refractivity contribution < 1.29 is 9.90 Å². The minimum Gasteiger partial charge on any atom is -0.386 e. The molecule has 22 heavy (non-hydrogen) atoms. The van der Waals surface area contributed by atoms with Gasteiger partial charge in [0.25, 0.3) is 0 Å². The van der Waals surface area contributed by atoms with Crippen LogP contribution in [0.15, 0.2) is 59.8 Å². The maximum atomic E-state index is 11.7. The van der Waals surface area contributed by atoms with Gasteiger partial charge in [0.15, 0.2) is 5.78 Å². The molecule has 0 aromatic heterocycles. The fraction of sp³-hybridized carbons (Fsp3) is 0.450. The Morgan fingerprint density at radius 2 is 1.86 bits per heavy atom. The van der Waals surface area contributed by atoms with Crippen molar-refractivity contribution in [2.24, 2.45) is 0 Å². The zero-order valence-electron chi connectivity index (χ0n) is 14.6. The number of aliphatic hydroxyl groups is 1. The number of hydrogen-bond acceptors (Lipinski definition) is 2. The van der Waals surface area contributed by atoms with Crippen molar-refractivity contribution in [2.75, 3.05) is 0 Å². The van der Waals surface area contributed by atoms with E-state index in [1.807, 2.05) is 45.9 Å². The molecule has 2 heteroatoms. The molecule has 0 fully saturated rings. The van der Waals surface area contributed by atoms with Crippen LogP contribution in [-0.2, 0) is 4.79 Å². The second-order valence-electron chi connectivity index (χ2n) is 6.29. The van der Waals surface area contributed by atoms with E-state index in [1.165, 1.54) is 0 Å². The number of carbonyl (C=O) groups excluding carboxylic acids is 1. The molecule has 122 valence electrons. The minimum absolute atomic E-state index is 0.130. The Labute approximate surface area is 135 Å². The number of ketones is 1. The first-order valence-corrected chi connectivity index (χ1v) is 7.70. The topological polar surface area (TPSA) is 37.3 Å². The fourth-order valence-corrected chi connectivity index (χ4v) is 1.89. The molecule has 0 saturated heterocycles. The second-order valence-corrected chi connectivity index (χ2v) is 6.29. The van der Waals surface area contributed by atoms with Crippen LogP contribution in [0.5, 0.6) is 0 Å². The van der Waals surface area contributed by atoms with Crippen molar-refractivity contribution >= 4 is 5.78 Å². The number of hydrogen-bond donors (Lipinski definition) is 1. The molecule has 0 saturated carbocycles. The Morgan fingerprint density at radius 1 is 1.23 bits per heavy atom. The van der Waals surface area contributed by atoms with E-state index in [2.05, 4.69) is 6.58 Å². The Morgan fingerprint density at radius 3 is 2.41 bits per heavy atom. The average Bonchev–Trinajstić information content (AvgIpc) is 2.36. The maximum Gasteiger partial charge on any atom is 0.159 e. The van der Waals surface area contributed by atoms with Crippen LogP contribution in [0.25, 0.3) is 0 Å². The van der Waals surface area contributed by atoms with E-state index >= 15 is 0 Å². The first-order chi connectivity index (χ1) is 10.2. The zero-order chi connectivity index (χ0) is 17.2. The highest BCUT2D eigenvalue weighted by Gasteiger charge is 2.14. The molecule has 0 aromatic rings. The van der Waals surface area contributed by atoms with Crippen molar-refractivity contribution in [2.45, 2.75) is 59.5 Å². The van der Waals surface area contributed by atoms with Crippen LogP contribution < -0.4 is 0 Å². The molecule has 2 nitrogen and oxygen atoms in total. The zero-order valence-corrected chi connectivity index (χ0v) is 14.6. The molecule has 0 aromatic carbocycles. The van der Waals surface area contributed by atoms with Gasteiger partial charge < -0.3 is 5.11 Å². The highest BCUT2D eigenvalue weighted by atomic mass is 16.3. The number of carbonyl (C=O) groups is 1. The summed E-state index contributed by atoms with van der Waals surface area (Å²) < 4.78 is 0. The van der Waals surface area contributed by atoms with Crippen molar-refractivity contribution in [3.63, 3.8) is 0 Å². The Kier molecular flexibility index (Phi) is 9.35. The van der Waals surface area contributed by atoms with Crippen molar-refractivity contribution in [3.8, 4) is 0 Å². The lowest BCUT2D eigenvalue weighted by Gasteiger charge is -2.17. The van der Waals surface area contributed by atoms with Crippen LogP contribution in [-0.4, -0.2) is 16.5 Å². The van der Waals surface area contributed by atoms with Crippen molar-refractivity contribution in [3.05, 3.63) is 59.8 Å². The molecule has 0 rings (SSSR count). The summed E-state index contributed by atoms with van der Waals surface area (Å²) in [6, 6.07) is 0. The Bertz CT molecular complexity index is 496. The number of rotatable bonds is 9. The maximum absolute atomic E-state index is 11.7. The van der Waals surface area contributed by atoms with E-state index in [4.69, 9.17) is 0 Å². The van der Waals surface area contributed by atoms with Crippen LogP contribution >= 0.6 is 0 Å². The van der Waals surface area contributed by atoms with Gasteiger partial charge >= 0.3 is 0 Å². The van der Waals surface area contributed by atoms with Gasteiger partial charge in [-0.1, -0.05) is 53.7 Å². The predicted octanol–water partition coefficient (Wildman–Crippen LogP) is 5.08. The normalized spacial score (nSPS) is 15.5. The first kappa shape index (κ1) is 20.3. The average molecular weight is 302 g/mol. The van der Waals surface area contributed by atoms with Crippen molar-refractivity contribution in [1.82, 2.24) is 0 Å². The van der Waals surface area contributed by atoms with E-state index in [0.29, 0.717) is 12.8 Å². The Balaban J connectivity index is 4.42. The molecule has 0 unspecified atom stereocenters. The van der Waals surface area contributed by atoms with Gasteiger partial charge in [0.2, 0.25) is 0 Å².